The Morgan fingerprint density at radius 3 is 2.52 bits per heavy atom. The molecular formula is C20H17ClN2O2. The first-order chi connectivity index (χ1) is 12.0. The molecule has 1 heterocycles. The summed E-state index contributed by atoms with van der Waals surface area (Å²) < 4.78 is 0. The highest BCUT2D eigenvalue weighted by Gasteiger charge is 2.11. The minimum absolute atomic E-state index is 0.0815. The molecule has 3 rings (SSSR count). The first kappa shape index (κ1) is 17.1. The van der Waals surface area contributed by atoms with Gasteiger partial charge in [0.05, 0.1) is 11.2 Å². The fourth-order valence-corrected chi connectivity index (χ4v) is 2.71. The van der Waals surface area contributed by atoms with E-state index in [0.717, 1.165) is 16.6 Å². The van der Waals surface area contributed by atoms with Gasteiger partial charge in [-0.2, -0.15) is 0 Å². The number of amides is 1. The molecule has 0 saturated carbocycles. The van der Waals surface area contributed by atoms with Crippen molar-refractivity contribution < 1.29 is 9.59 Å². The van der Waals surface area contributed by atoms with Crippen molar-refractivity contribution in [3.05, 3.63) is 70.9 Å². The molecule has 0 aliphatic carbocycles. The third kappa shape index (κ3) is 4.22. The normalized spacial score (nSPS) is 10.6. The predicted molar refractivity (Wildman–Crippen MR) is 100 cm³/mol. The third-order valence-corrected chi connectivity index (χ3v) is 4.14. The van der Waals surface area contributed by atoms with Crippen LogP contribution in [-0.4, -0.2) is 16.7 Å². The summed E-state index contributed by atoms with van der Waals surface area (Å²) in [6.45, 7) is 1.92. The highest BCUT2D eigenvalue weighted by molar-refractivity contribution is 6.30. The summed E-state index contributed by atoms with van der Waals surface area (Å²) in [6.07, 6.45) is 0.271. The van der Waals surface area contributed by atoms with Crippen LogP contribution in [0.1, 0.15) is 28.9 Å². The van der Waals surface area contributed by atoms with Crippen molar-refractivity contribution >= 4 is 39.9 Å². The minimum Gasteiger partial charge on any atom is -0.325 e. The zero-order valence-electron chi connectivity index (χ0n) is 13.8. The number of pyridine rings is 1. The molecule has 0 spiro atoms. The van der Waals surface area contributed by atoms with Gasteiger partial charge in [0, 0.05) is 34.5 Å². The lowest BCUT2D eigenvalue weighted by atomic mass is 10.1. The SMILES string of the molecule is Cc1ccc2c(NC(=O)CCC(=O)c3ccc(Cl)cc3)cccc2n1. The van der Waals surface area contributed by atoms with Gasteiger partial charge in [0.1, 0.15) is 0 Å². The number of carbonyl (C=O) groups excluding carboxylic acids is 2. The molecule has 0 aliphatic rings. The van der Waals surface area contributed by atoms with Crippen LogP contribution in [0.4, 0.5) is 5.69 Å². The third-order valence-electron chi connectivity index (χ3n) is 3.89. The van der Waals surface area contributed by atoms with E-state index in [9.17, 15) is 9.59 Å². The first-order valence-corrected chi connectivity index (χ1v) is 8.36. The van der Waals surface area contributed by atoms with Crippen molar-refractivity contribution in [2.75, 3.05) is 5.32 Å². The van der Waals surface area contributed by atoms with Gasteiger partial charge in [0.15, 0.2) is 5.78 Å². The highest BCUT2D eigenvalue weighted by atomic mass is 35.5. The first-order valence-electron chi connectivity index (χ1n) is 7.98. The van der Waals surface area contributed by atoms with Crippen LogP contribution in [0.2, 0.25) is 5.02 Å². The van der Waals surface area contributed by atoms with Crippen LogP contribution in [0, 0.1) is 6.92 Å². The lowest BCUT2D eigenvalue weighted by Crippen LogP contribution is -2.13. The second-order valence-electron chi connectivity index (χ2n) is 5.80. The maximum absolute atomic E-state index is 12.2. The Hall–Kier alpha value is -2.72. The maximum Gasteiger partial charge on any atom is 0.224 e. The molecule has 25 heavy (non-hydrogen) atoms. The van der Waals surface area contributed by atoms with Gasteiger partial charge in [-0.25, -0.2) is 0 Å². The van der Waals surface area contributed by atoms with E-state index in [0.29, 0.717) is 16.3 Å². The quantitative estimate of drug-likeness (QED) is 0.671. The number of aromatic nitrogens is 1. The molecule has 0 fully saturated rings. The molecule has 0 atom stereocenters. The van der Waals surface area contributed by atoms with E-state index in [1.165, 1.54) is 0 Å². The van der Waals surface area contributed by atoms with Gasteiger partial charge >= 0.3 is 0 Å². The molecule has 0 aliphatic heterocycles. The maximum atomic E-state index is 12.2. The van der Waals surface area contributed by atoms with Gasteiger partial charge in [0.2, 0.25) is 5.91 Å². The Labute approximate surface area is 150 Å². The lowest BCUT2D eigenvalue weighted by molar-refractivity contribution is -0.116. The van der Waals surface area contributed by atoms with E-state index in [4.69, 9.17) is 11.6 Å². The van der Waals surface area contributed by atoms with Crippen LogP contribution in [0.25, 0.3) is 10.9 Å². The summed E-state index contributed by atoms with van der Waals surface area (Å²) >= 11 is 5.81. The van der Waals surface area contributed by atoms with Crippen molar-refractivity contribution in [3.8, 4) is 0 Å². The molecule has 1 amide bonds. The molecule has 5 heteroatoms. The van der Waals surface area contributed by atoms with E-state index in [1.807, 2.05) is 37.3 Å². The molecule has 4 nitrogen and oxygen atoms in total. The fraction of sp³-hybridized carbons (Fsp3) is 0.150. The van der Waals surface area contributed by atoms with Gasteiger partial charge in [0.25, 0.3) is 0 Å². The minimum atomic E-state index is -0.199. The van der Waals surface area contributed by atoms with Gasteiger partial charge in [-0.1, -0.05) is 17.7 Å². The van der Waals surface area contributed by atoms with Crippen LogP contribution in [0.5, 0.6) is 0 Å². The monoisotopic (exact) mass is 352 g/mol. The number of benzene rings is 2. The summed E-state index contributed by atoms with van der Waals surface area (Å²) in [4.78, 5) is 28.8. The second-order valence-corrected chi connectivity index (χ2v) is 6.24. The predicted octanol–water partition coefficient (Wildman–Crippen LogP) is 4.80. The Bertz CT molecular complexity index is 936. The number of nitrogens with one attached hydrogen (secondary N) is 1. The van der Waals surface area contributed by atoms with Crippen molar-refractivity contribution in [2.24, 2.45) is 0 Å². The number of nitrogens with zero attached hydrogens (tertiary/aromatic N) is 1. The highest BCUT2D eigenvalue weighted by Crippen LogP contribution is 2.22. The van der Waals surface area contributed by atoms with E-state index in [-0.39, 0.29) is 24.5 Å². The molecule has 126 valence electrons. The van der Waals surface area contributed by atoms with E-state index < -0.39 is 0 Å². The number of rotatable bonds is 5. The second kappa shape index (κ2) is 7.45. The number of Topliss-reactive ketones (excluding diaryl/α,β-unsaturated/α-hetero) is 1. The van der Waals surface area contributed by atoms with E-state index >= 15 is 0 Å². The van der Waals surface area contributed by atoms with Crippen LogP contribution >= 0.6 is 11.6 Å². The van der Waals surface area contributed by atoms with Gasteiger partial charge in [-0.15, -0.1) is 0 Å². The molecule has 0 radical (unpaired) electrons. The van der Waals surface area contributed by atoms with Crippen LogP contribution in [-0.2, 0) is 4.79 Å². The molecule has 0 unspecified atom stereocenters. The smallest absolute Gasteiger partial charge is 0.224 e. The summed E-state index contributed by atoms with van der Waals surface area (Å²) in [5.41, 5.74) is 3.01. The average molecular weight is 353 g/mol. The number of anilines is 1. The number of hydrogen-bond donors (Lipinski definition) is 1. The molecule has 0 bridgehead atoms. The Kier molecular flexibility index (Phi) is 5.10. The summed E-state index contributed by atoms with van der Waals surface area (Å²) in [5.74, 6) is -0.280. The van der Waals surface area contributed by atoms with Crippen LogP contribution < -0.4 is 5.32 Å². The number of aryl methyl sites for hydroxylation is 1. The summed E-state index contributed by atoms with van der Waals surface area (Å²) in [6, 6.07) is 16.1. The topological polar surface area (TPSA) is 59.1 Å². The zero-order valence-corrected chi connectivity index (χ0v) is 14.5. The van der Waals surface area contributed by atoms with E-state index in [2.05, 4.69) is 10.3 Å². The standard InChI is InChI=1S/C20H17ClN2O2/c1-13-5-10-16-17(22-13)3-2-4-18(16)23-20(25)12-11-19(24)14-6-8-15(21)9-7-14/h2-10H,11-12H2,1H3,(H,23,25). The van der Waals surface area contributed by atoms with Gasteiger partial charge in [-0.3, -0.25) is 14.6 Å². The molecule has 1 aromatic heterocycles. The van der Waals surface area contributed by atoms with Crippen molar-refractivity contribution in [2.45, 2.75) is 19.8 Å². The number of fused-ring (bicyclic) bond motifs is 1. The lowest BCUT2D eigenvalue weighted by Gasteiger charge is -2.09. The molecule has 3 aromatic rings. The van der Waals surface area contributed by atoms with Gasteiger partial charge < -0.3 is 5.32 Å². The molecule has 0 saturated heterocycles. The number of hydrogen-bond acceptors (Lipinski definition) is 3. The largest absolute Gasteiger partial charge is 0.325 e. The number of ketones is 1. The Morgan fingerprint density at radius 2 is 1.76 bits per heavy atom. The van der Waals surface area contributed by atoms with Crippen molar-refractivity contribution in [1.29, 1.82) is 0 Å². The van der Waals surface area contributed by atoms with Crippen molar-refractivity contribution in [1.82, 2.24) is 4.98 Å². The average Bonchev–Trinajstić information content (AvgIpc) is 2.60. The van der Waals surface area contributed by atoms with Crippen molar-refractivity contribution in [3.63, 3.8) is 0 Å². The van der Waals surface area contributed by atoms with Crippen LogP contribution in [0.3, 0.4) is 0 Å². The number of carbonyl (C=O) groups is 2. The summed E-state index contributed by atoms with van der Waals surface area (Å²) in [7, 11) is 0. The number of halogens is 1. The van der Waals surface area contributed by atoms with Gasteiger partial charge in [-0.05, 0) is 55.5 Å². The van der Waals surface area contributed by atoms with Crippen LogP contribution in [0.15, 0.2) is 54.6 Å². The summed E-state index contributed by atoms with van der Waals surface area (Å²) in [5, 5.41) is 4.33. The fourth-order valence-electron chi connectivity index (χ4n) is 2.59. The molecule has 1 N–H and O–H groups in total. The Morgan fingerprint density at radius 1 is 1.00 bits per heavy atom. The molecular weight excluding hydrogens is 336 g/mol. The van der Waals surface area contributed by atoms with E-state index in [1.54, 1.807) is 24.3 Å². The molecule has 2 aromatic carbocycles. The zero-order chi connectivity index (χ0) is 17.8. The Balaban J connectivity index is 1.65.